The summed E-state index contributed by atoms with van der Waals surface area (Å²) in [6, 6.07) is 17.8. The molecule has 0 spiro atoms. The summed E-state index contributed by atoms with van der Waals surface area (Å²) in [6.07, 6.45) is 4.06. The van der Waals surface area contributed by atoms with Crippen molar-refractivity contribution in [3.63, 3.8) is 0 Å². The Balaban J connectivity index is 1.26. The Morgan fingerprint density at radius 3 is 2.70 bits per heavy atom. The molecule has 0 atom stereocenters. The molecule has 1 aromatic heterocycles. The summed E-state index contributed by atoms with van der Waals surface area (Å²) < 4.78 is 10.7. The number of rotatable bonds is 7. The highest BCUT2D eigenvalue weighted by molar-refractivity contribution is 5.76. The topological polar surface area (TPSA) is 68.5 Å². The molecule has 156 valence electrons. The van der Waals surface area contributed by atoms with Gasteiger partial charge in [-0.1, -0.05) is 47.6 Å². The molecule has 0 aliphatic carbocycles. The molecule has 0 bridgehead atoms. The van der Waals surface area contributed by atoms with E-state index in [0.29, 0.717) is 24.1 Å². The quantitative estimate of drug-likeness (QED) is 0.590. The summed E-state index contributed by atoms with van der Waals surface area (Å²) in [5, 5.41) is 4.12. The van der Waals surface area contributed by atoms with Crippen LogP contribution >= 0.6 is 0 Å². The Morgan fingerprint density at radius 1 is 1.13 bits per heavy atom. The van der Waals surface area contributed by atoms with Gasteiger partial charge in [-0.15, -0.1) is 0 Å². The molecular weight excluding hydrogens is 378 g/mol. The van der Waals surface area contributed by atoms with Gasteiger partial charge in [0.25, 0.3) is 0 Å². The average molecular weight is 405 g/mol. The van der Waals surface area contributed by atoms with Gasteiger partial charge in [0.2, 0.25) is 17.6 Å². The van der Waals surface area contributed by atoms with Crippen LogP contribution in [0.3, 0.4) is 0 Å². The fraction of sp³-hybridized carbons (Fsp3) is 0.375. The number of likely N-dealkylation sites (tertiary alicyclic amines) is 1. The highest BCUT2D eigenvalue weighted by Gasteiger charge is 2.24. The monoisotopic (exact) mass is 405 g/mol. The Kier molecular flexibility index (Phi) is 6.42. The van der Waals surface area contributed by atoms with Crippen molar-refractivity contribution in [2.75, 3.05) is 20.2 Å². The largest absolute Gasteiger partial charge is 0.497 e. The third-order valence-electron chi connectivity index (χ3n) is 5.70. The number of carbonyl (C=O) groups excluding carboxylic acids is 1. The van der Waals surface area contributed by atoms with E-state index in [1.54, 1.807) is 7.11 Å². The molecule has 1 fully saturated rings. The maximum Gasteiger partial charge on any atom is 0.227 e. The molecule has 0 radical (unpaired) electrons. The number of benzene rings is 2. The van der Waals surface area contributed by atoms with Crippen LogP contribution in [-0.2, 0) is 17.6 Å². The van der Waals surface area contributed by atoms with Crippen molar-refractivity contribution < 1.29 is 14.1 Å². The first-order chi connectivity index (χ1) is 14.7. The third kappa shape index (κ3) is 5.06. The number of piperidine rings is 1. The normalized spacial score (nSPS) is 14.6. The maximum absolute atomic E-state index is 12.5. The van der Waals surface area contributed by atoms with Gasteiger partial charge in [-0.25, -0.2) is 0 Å². The average Bonchev–Trinajstić information content (AvgIpc) is 3.27. The summed E-state index contributed by atoms with van der Waals surface area (Å²) in [6.45, 7) is 1.60. The number of nitrogens with zero attached hydrogens (tertiary/aromatic N) is 3. The number of hydrogen-bond acceptors (Lipinski definition) is 5. The van der Waals surface area contributed by atoms with Crippen molar-refractivity contribution in [2.45, 2.75) is 32.1 Å². The van der Waals surface area contributed by atoms with Crippen molar-refractivity contribution >= 4 is 5.91 Å². The fourth-order valence-electron chi connectivity index (χ4n) is 3.90. The van der Waals surface area contributed by atoms with Crippen LogP contribution in [0.5, 0.6) is 5.75 Å². The Labute approximate surface area is 176 Å². The minimum absolute atomic E-state index is 0.246. The van der Waals surface area contributed by atoms with E-state index in [1.807, 2.05) is 47.4 Å². The lowest BCUT2D eigenvalue weighted by atomic mass is 9.93. The van der Waals surface area contributed by atoms with E-state index >= 15 is 0 Å². The van der Waals surface area contributed by atoms with Gasteiger partial charge in [0.1, 0.15) is 5.75 Å². The van der Waals surface area contributed by atoms with Crippen LogP contribution in [0.15, 0.2) is 59.1 Å². The molecule has 1 aliphatic heterocycles. The van der Waals surface area contributed by atoms with Crippen LogP contribution in [0.25, 0.3) is 11.4 Å². The highest BCUT2D eigenvalue weighted by atomic mass is 16.5. The minimum Gasteiger partial charge on any atom is -0.497 e. The summed E-state index contributed by atoms with van der Waals surface area (Å²) >= 11 is 0. The molecule has 1 saturated heterocycles. The van der Waals surface area contributed by atoms with Gasteiger partial charge in [0.05, 0.1) is 7.11 Å². The van der Waals surface area contributed by atoms with Crippen molar-refractivity contribution in [3.8, 4) is 17.1 Å². The zero-order chi connectivity index (χ0) is 20.8. The number of aryl methyl sites for hydroxylation is 1. The lowest BCUT2D eigenvalue weighted by Crippen LogP contribution is -2.39. The number of amides is 1. The predicted octanol–water partition coefficient (Wildman–Crippen LogP) is 4.16. The van der Waals surface area contributed by atoms with Gasteiger partial charge in [-0.2, -0.15) is 4.98 Å². The first kappa shape index (κ1) is 20.1. The molecule has 3 aromatic rings. The van der Waals surface area contributed by atoms with Gasteiger partial charge < -0.3 is 14.2 Å². The van der Waals surface area contributed by atoms with Crippen LogP contribution < -0.4 is 4.74 Å². The minimum atomic E-state index is 0.246. The second kappa shape index (κ2) is 9.57. The molecule has 2 heterocycles. The molecule has 6 nitrogen and oxygen atoms in total. The molecule has 0 N–H and O–H groups in total. The van der Waals surface area contributed by atoms with E-state index < -0.39 is 0 Å². The molecular formula is C24H27N3O3. The lowest BCUT2D eigenvalue weighted by Gasteiger charge is -2.31. The van der Waals surface area contributed by atoms with Gasteiger partial charge in [-0.05, 0) is 42.9 Å². The smallest absolute Gasteiger partial charge is 0.227 e. The first-order valence-electron chi connectivity index (χ1n) is 10.5. The Hall–Kier alpha value is -3.15. The van der Waals surface area contributed by atoms with E-state index in [-0.39, 0.29) is 5.91 Å². The zero-order valence-corrected chi connectivity index (χ0v) is 17.3. The summed E-state index contributed by atoms with van der Waals surface area (Å²) in [5.74, 6) is 2.71. The van der Waals surface area contributed by atoms with Crippen molar-refractivity contribution in [1.29, 1.82) is 0 Å². The fourth-order valence-corrected chi connectivity index (χ4v) is 3.90. The number of ether oxygens (including phenoxy) is 1. The van der Waals surface area contributed by atoms with Crippen LogP contribution in [0.4, 0.5) is 0 Å². The summed E-state index contributed by atoms with van der Waals surface area (Å²) in [4.78, 5) is 19.1. The molecule has 30 heavy (non-hydrogen) atoms. The van der Waals surface area contributed by atoms with Crippen LogP contribution in [0.1, 0.15) is 30.7 Å². The van der Waals surface area contributed by atoms with E-state index in [0.717, 1.165) is 50.1 Å². The van der Waals surface area contributed by atoms with Crippen molar-refractivity contribution in [3.05, 3.63) is 66.1 Å². The summed E-state index contributed by atoms with van der Waals surface area (Å²) in [5.41, 5.74) is 2.09. The van der Waals surface area contributed by atoms with Gasteiger partial charge in [0.15, 0.2) is 0 Å². The molecule has 1 amide bonds. The van der Waals surface area contributed by atoms with E-state index in [2.05, 4.69) is 22.3 Å². The van der Waals surface area contributed by atoms with Gasteiger partial charge in [-0.3, -0.25) is 4.79 Å². The number of carbonyl (C=O) groups is 1. The molecule has 0 unspecified atom stereocenters. The zero-order valence-electron chi connectivity index (χ0n) is 17.3. The van der Waals surface area contributed by atoms with E-state index in [9.17, 15) is 4.79 Å². The highest BCUT2D eigenvalue weighted by Crippen LogP contribution is 2.25. The second-order valence-corrected chi connectivity index (χ2v) is 7.76. The van der Waals surface area contributed by atoms with Crippen LogP contribution in [0, 0.1) is 5.92 Å². The molecule has 2 aromatic carbocycles. The molecule has 4 rings (SSSR count). The Bertz CT molecular complexity index is 963. The van der Waals surface area contributed by atoms with E-state index in [1.165, 1.54) is 5.56 Å². The number of methoxy groups -OCH3 is 1. The standard InChI is InChI=1S/C24H27N3O3/c1-29-21-9-5-8-20(17-21)24-25-22(30-26-24)16-19-12-14-27(15-13-19)23(28)11-10-18-6-3-2-4-7-18/h2-9,17,19H,10-16H2,1H3. The maximum atomic E-state index is 12.5. The second-order valence-electron chi connectivity index (χ2n) is 7.76. The Morgan fingerprint density at radius 2 is 1.93 bits per heavy atom. The van der Waals surface area contributed by atoms with Crippen LogP contribution in [-0.4, -0.2) is 41.1 Å². The lowest BCUT2D eigenvalue weighted by molar-refractivity contribution is -0.132. The molecule has 6 heteroatoms. The van der Waals surface area contributed by atoms with Gasteiger partial charge >= 0.3 is 0 Å². The third-order valence-corrected chi connectivity index (χ3v) is 5.70. The van der Waals surface area contributed by atoms with Gasteiger partial charge in [0, 0.05) is 31.5 Å². The van der Waals surface area contributed by atoms with Crippen molar-refractivity contribution in [2.24, 2.45) is 5.92 Å². The molecule has 1 aliphatic rings. The SMILES string of the molecule is COc1cccc(-c2noc(CC3CCN(C(=O)CCc4ccccc4)CC3)n2)c1. The molecule has 0 saturated carbocycles. The number of aromatic nitrogens is 2. The predicted molar refractivity (Wildman–Crippen MR) is 114 cm³/mol. The first-order valence-corrected chi connectivity index (χ1v) is 10.5. The van der Waals surface area contributed by atoms with Crippen molar-refractivity contribution in [1.82, 2.24) is 15.0 Å². The summed E-state index contributed by atoms with van der Waals surface area (Å²) in [7, 11) is 1.64. The number of hydrogen-bond donors (Lipinski definition) is 0. The van der Waals surface area contributed by atoms with Crippen LogP contribution in [0.2, 0.25) is 0 Å². The van der Waals surface area contributed by atoms with E-state index in [4.69, 9.17) is 9.26 Å².